The van der Waals surface area contributed by atoms with E-state index in [1.807, 2.05) is 6.92 Å². The van der Waals surface area contributed by atoms with Crippen LogP contribution >= 0.6 is 0 Å². The van der Waals surface area contributed by atoms with Gasteiger partial charge in [-0.15, -0.1) is 0 Å². The molecule has 92 valence electrons. The molecule has 0 spiro atoms. The highest BCUT2D eigenvalue weighted by molar-refractivity contribution is 5.81. The molecule has 1 N–H and O–H groups in total. The second-order valence-electron chi connectivity index (χ2n) is 5.22. The first-order valence-corrected chi connectivity index (χ1v) is 5.45. The molecule has 1 aliphatic rings. The van der Waals surface area contributed by atoms with Crippen LogP contribution in [0.3, 0.4) is 0 Å². The highest BCUT2D eigenvalue weighted by Crippen LogP contribution is 2.25. The Balaban J connectivity index is 2.73. The lowest BCUT2D eigenvalue weighted by Crippen LogP contribution is -2.45. The Morgan fingerprint density at radius 2 is 1.94 bits per heavy atom. The number of carbonyl (C=O) groups excluding carboxylic acids is 1. The summed E-state index contributed by atoms with van der Waals surface area (Å²) in [5, 5.41) is 9.05. The van der Waals surface area contributed by atoms with Crippen LogP contribution in [0.2, 0.25) is 0 Å². The molecular formula is C11H19NO4. The lowest BCUT2D eigenvalue weighted by molar-refractivity contribution is -0.143. The van der Waals surface area contributed by atoms with Gasteiger partial charge in [0.25, 0.3) is 0 Å². The quantitative estimate of drug-likeness (QED) is 0.743. The lowest BCUT2D eigenvalue weighted by atomic mass is 10.0. The van der Waals surface area contributed by atoms with Crippen molar-refractivity contribution in [2.24, 2.45) is 5.92 Å². The summed E-state index contributed by atoms with van der Waals surface area (Å²) >= 11 is 0. The third kappa shape index (κ3) is 2.87. The molecule has 1 saturated heterocycles. The Kier molecular flexibility index (Phi) is 3.45. The Morgan fingerprint density at radius 1 is 1.38 bits per heavy atom. The van der Waals surface area contributed by atoms with Crippen LogP contribution < -0.4 is 0 Å². The molecule has 0 bridgehead atoms. The molecule has 0 aliphatic carbocycles. The Bertz CT molecular complexity index is 295. The van der Waals surface area contributed by atoms with E-state index in [1.54, 1.807) is 20.8 Å². The summed E-state index contributed by atoms with van der Waals surface area (Å²) in [6.45, 7) is 7.58. The molecule has 1 unspecified atom stereocenters. The van der Waals surface area contributed by atoms with Gasteiger partial charge in [-0.2, -0.15) is 0 Å². The van der Waals surface area contributed by atoms with Gasteiger partial charge in [0.1, 0.15) is 11.6 Å². The smallest absolute Gasteiger partial charge is 0.411 e. The second kappa shape index (κ2) is 4.31. The fraction of sp³-hybridized carbons (Fsp3) is 0.818. The predicted molar refractivity (Wildman–Crippen MR) is 58.1 cm³/mol. The molecule has 0 aromatic rings. The van der Waals surface area contributed by atoms with Gasteiger partial charge in [-0.1, -0.05) is 6.92 Å². The van der Waals surface area contributed by atoms with Crippen LogP contribution in [0.4, 0.5) is 4.79 Å². The summed E-state index contributed by atoms with van der Waals surface area (Å²) in [5.41, 5.74) is -0.591. The van der Waals surface area contributed by atoms with E-state index in [0.717, 1.165) is 0 Å². The zero-order valence-electron chi connectivity index (χ0n) is 10.2. The summed E-state index contributed by atoms with van der Waals surface area (Å²) in [5.74, 6) is -0.985. The number of carboxylic acids is 1. The molecule has 1 aliphatic heterocycles. The molecule has 5 heteroatoms. The van der Waals surface area contributed by atoms with Gasteiger partial charge in [0.05, 0.1) is 0 Å². The molecule has 1 rings (SSSR count). The standard InChI is InChI=1S/C11H19NO4/c1-7-5-6-12(8(7)9(13)14)10(15)16-11(2,3)4/h7-8H,5-6H2,1-4H3,(H,13,14)/t7-,8?/m0/s1. The van der Waals surface area contributed by atoms with E-state index in [0.29, 0.717) is 13.0 Å². The lowest BCUT2D eigenvalue weighted by Gasteiger charge is -2.27. The minimum Gasteiger partial charge on any atom is -0.480 e. The van der Waals surface area contributed by atoms with Crippen LogP contribution in [-0.4, -0.2) is 40.3 Å². The van der Waals surface area contributed by atoms with Crippen LogP contribution in [-0.2, 0) is 9.53 Å². The monoisotopic (exact) mass is 229 g/mol. The first-order valence-electron chi connectivity index (χ1n) is 5.45. The van der Waals surface area contributed by atoms with Crippen molar-refractivity contribution < 1.29 is 19.4 Å². The number of likely N-dealkylation sites (tertiary alicyclic amines) is 1. The molecule has 1 heterocycles. The molecule has 2 atom stereocenters. The number of aliphatic carboxylic acids is 1. The van der Waals surface area contributed by atoms with Gasteiger partial charge in [0, 0.05) is 6.54 Å². The van der Waals surface area contributed by atoms with Crippen molar-refractivity contribution in [1.29, 1.82) is 0 Å². The fourth-order valence-electron chi connectivity index (χ4n) is 1.85. The number of ether oxygens (including phenoxy) is 1. The van der Waals surface area contributed by atoms with E-state index < -0.39 is 23.7 Å². The normalized spacial score (nSPS) is 25.6. The zero-order chi connectivity index (χ0) is 12.5. The van der Waals surface area contributed by atoms with Crippen molar-refractivity contribution in [2.45, 2.75) is 45.8 Å². The van der Waals surface area contributed by atoms with Crippen LogP contribution in [0.25, 0.3) is 0 Å². The number of rotatable bonds is 1. The van der Waals surface area contributed by atoms with Gasteiger partial charge in [0.15, 0.2) is 0 Å². The largest absolute Gasteiger partial charge is 0.480 e. The van der Waals surface area contributed by atoms with Gasteiger partial charge >= 0.3 is 12.1 Å². The molecule has 0 radical (unpaired) electrons. The minimum atomic E-state index is -0.962. The Hall–Kier alpha value is -1.26. The van der Waals surface area contributed by atoms with E-state index in [2.05, 4.69) is 0 Å². The van der Waals surface area contributed by atoms with E-state index in [9.17, 15) is 9.59 Å². The van der Waals surface area contributed by atoms with Crippen molar-refractivity contribution >= 4 is 12.1 Å². The molecule has 1 amide bonds. The molecule has 0 aromatic heterocycles. The molecule has 1 fully saturated rings. The zero-order valence-corrected chi connectivity index (χ0v) is 10.2. The van der Waals surface area contributed by atoms with Crippen molar-refractivity contribution in [1.82, 2.24) is 4.90 Å². The molecule has 5 nitrogen and oxygen atoms in total. The van der Waals surface area contributed by atoms with Crippen molar-refractivity contribution in [3.8, 4) is 0 Å². The Morgan fingerprint density at radius 3 is 2.38 bits per heavy atom. The summed E-state index contributed by atoms with van der Waals surface area (Å²) in [4.78, 5) is 24.1. The number of nitrogens with zero attached hydrogens (tertiary/aromatic N) is 1. The first-order chi connectivity index (χ1) is 7.22. The number of amides is 1. The maximum absolute atomic E-state index is 11.8. The fourth-order valence-corrected chi connectivity index (χ4v) is 1.85. The third-order valence-electron chi connectivity index (χ3n) is 2.58. The topological polar surface area (TPSA) is 66.8 Å². The third-order valence-corrected chi connectivity index (χ3v) is 2.58. The van der Waals surface area contributed by atoms with Crippen molar-refractivity contribution in [3.63, 3.8) is 0 Å². The summed E-state index contributed by atoms with van der Waals surface area (Å²) in [6.07, 6.45) is 0.167. The average molecular weight is 229 g/mol. The number of carbonyl (C=O) groups is 2. The minimum absolute atomic E-state index is 0.0231. The second-order valence-corrected chi connectivity index (χ2v) is 5.22. The summed E-state index contributed by atoms with van der Waals surface area (Å²) in [7, 11) is 0. The number of carboxylic acid groups (broad SMARTS) is 1. The van der Waals surface area contributed by atoms with Gasteiger partial charge in [-0.3, -0.25) is 4.90 Å². The molecular weight excluding hydrogens is 210 g/mol. The van der Waals surface area contributed by atoms with Crippen LogP contribution in [0.1, 0.15) is 34.1 Å². The molecule has 16 heavy (non-hydrogen) atoms. The first kappa shape index (κ1) is 12.8. The maximum Gasteiger partial charge on any atom is 0.411 e. The molecule has 0 aromatic carbocycles. The number of hydrogen-bond donors (Lipinski definition) is 1. The molecule has 0 saturated carbocycles. The van der Waals surface area contributed by atoms with E-state index >= 15 is 0 Å². The van der Waals surface area contributed by atoms with Crippen molar-refractivity contribution in [2.75, 3.05) is 6.54 Å². The van der Waals surface area contributed by atoms with Gasteiger partial charge in [-0.05, 0) is 33.1 Å². The predicted octanol–water partition coefficient (Wildman–Crippen LogP) is 1.72. The van der Waals surface area contributed by atoms with Crippen LogP contribution in [0.5, 0.6) is 0 Å². The van der Waals surface area contributed by atoms with Crippen LogP contribution in [0.15, 0.2) is 0 Å². The summed E-state index contributed by atoms with van der Waals surface area (Å²) < 4.78 is 5.17. The average Bonchev–Trinajstić information content (AvgIpc) is 2.43. The Labute approximate surface area is 95.4 Å². The van der Waals surface area contributed by atoms with Gasteiger partial charge in [-0.25, -0.2) is 9.59 Å². The number of hydrogen-bond acceptors (Lipinski definition) is 3. The maximum atomic E-state index is 11.8. The SMILES string of the molecule is C[C@H]1CCN(C(=O)OC(C)(C)C)C1C(=O)O. The summed E-state index contributed by atoms with van der Waals surface area (Å²) in [6, 6.07) is -0.755. The van der Waals surface area contributed by atoms with E-state index in [4.69, 9.17) is 9.84 Å². The highest BCUT2D eigenvalue weighted by atomic mass is 16.6. The highest BCUT2D eigenvalue weighted by Gasteiger charge is 2.41. The van der Waals surface area contributed by atoms with Crippen molar-refractivity contribution in [3.05, 3.63) is 0 Å². The van der Waals surface area contributed by atoms with Crippen LogP contribution in [0, 0.1) is 5.92 Å². The van der Waals surface area contributed by atoms with E-state index in [-0.39, 0.29) is 5.92 Å². The van der Waals surface area contributed by atoms with Gasteiger partial charge < -0.3 is 9.84 Å². The van der Waals surface area contributed by atoms with Gasteiger partial charge in [0.2, 0.25) is 0 Å². The van der Waals surface area contributed by atoms with E-state index in [1.165, 1.54) is 4.90 Å².